The highest BCUT2D eigenvalue weighted by Gasteiger charge is 2.32. The predicted molar refractivity (Wildman–Crippen MR) is 84.6 cm³/mol. The molecule has 19 heavy (non-hydrogen) atoms. The van der Waals surface area contributed by atoms with E-state index in [0.29, 0.717) is 11.5 Å². The van der Waals surface area contributed by atoms with Crippen molar-refractivity contribution < 1.29 is 0 Å². The molecule has 3 nitrogen and oxygen atoms in total. The summed E-state index contributed by atoms with van der Waals surface area (Å²) in [7, 11) is 4.42. The maximum Gasteiger partial charge on any atom is 0.0254 e. The van der Waals surface area contributed by atoms with Crippen molar-refractivity contribution in [3.05, 3.63) is 0 Å². The van der Waals surface area contributed by atoms with Crippen LogP contribution in [0.5, 0.6) is 0 Å². The second kappa shape index (κ2) is 7.05. The first-order valence-electron chi connectivity index (χ1n) is 7.87. The Labute approximate surface area is 120 Å². The van der Waals surface area contributed by atoms with E-state index < -0.39 is 0 Å². The van der Waals surface area contributed by atoms with Gasteiger partial charge in [0.25, 0.3) is 0 Å². The van der Waals surface area contributed by atoms with Crippen molar-refractivity contribution in [3.63, 3.8) is 0 Å². The lowest BCUT2D eigenvalue weighted by atomic mass is 9.84. The van der Waals surface area contributed by atoms with Crippen LogP contribution in [0.1, 0.15) is 41.0 Å². The van der Waals surface area contributed by atoms with E-state index in [0.717, 1.165) is 18.5 Å². The van der Waals surface area contributed by atoms with Crippen LogP contribution in [0.15, 0.2) is 0 Å². The number of rotatable bonds is 6. The van der Waals surface area contributed by atoms with Gasteiger partial charge in [-0.05, 0) is 44.9 Å². The topological polar surface area (TPSA) is 18.5 Å². The number of likely N-dealkylation sites (tertiary alicyclic amines) is 1. The predicted octanol–water partition coefficient (Wildman–Crippen LogP) is 2.28. The van der Waals surface area contributed by atoms with Crippen LogP contribution in [0.4, 0.5) is 0 Å². The van der Waals surface area contributed by atoms with E-state index in [1.54, 1.807) is 0 Å². The van der Waals surface area contributed by atoms with Gasteiger partial charge in [0, 0.05) is 25.2 Å². The number of hydrogen-bond acceptors (Lipinski definition) is 3. The molecule has 114 valence electrons. The molecular weight excluding hydrogens is 234 g/mol. The summed E-state index contributed by atoms with van der Waals surface area (Å²) in [6, 6.07) is 1.35. The van der Waals surface area contributed by atoms with Crippen LogP contribution in [0.25, 0.3) is 0 Å². The van der Waals surface area contributed by atoms with Crippen LogP contribution in [-0.4, -0.2) is 62.2 Å². The second-order valence-electron chi connectivity index (χ2n) is 7.53. The molecule has 0 aliphatic carbocycles. The molecule has 0 amide bonds. The summed E-state index contributed by atoms with van der Waals surface area (Å²) in [6.45, 7) is 16.4. The van der Waals surface area contributed by atoms with E-state index in [1.165, 1.54) is 26.1 Å². The number of nitrogens with zero attached hydrogens (tertiary/aromatic N) is 2. The van der Waals surface area contributed by atoms with Gasteiger partial charge in [-0.1, -0.05) is 34.6 Å². The quantitative estimate of drug-likeness (QED) is 0.798. The van der Waals surface area contributed by atoms with Crippen LogP contribution < -0.4 is 5.32 Å². The third-order valence-electron chi connectivity index (χ3n) is 4.54. The zero-order valence-corrected chi connectivity index (χ0v) is 14.2. The minimum absolute atomic E-state index is 0.350. The van der Waals surface area contributed by atoms with Gasteiger partial charge < -0.3 is 15.1 Å². The number of nitrogens with one attached hydrogen (secondary N) is 1. The lowest BCUT2D eigenvalue weighted by molar-refractivity contribution is 0.214. The van der Waals surface area contributed by atoms with Crippen LogP contribution >= 0.6 is 0 Å². The summed E-state index contributed by atoms with van der Waals surface area (Å²) in [5.74, 6) is 0.794. The first-order valence-corrected chi connectivity index (χ1v) is 7.87. The smallest absolute Gasteiger partial charge is 0.0254 e. The van der Waals surface area contributed by atoms with Crippen molar-refractivity contribution in [3.8, 4) is 0 Å². The molecule has 0 spiro atoms. The van der Waals surface area contributed by atoms with Crippen LogP contribution in [0.2, 0.25) is 0 Å². The van der Waals surface area contributed by atoms with Gasteiger partial charge in [0.05, 0.1) is 0 Å². The summed E-state index contributed by atoms with van der Waals surface area (Å²) < 4.78 is 0. The Hall–Kier alpha value is -0.120. The van der Waals surface area contributed by atoms with Crippen molar-refractivity contribution in [2.24, 2.45) is 11.3 Å². The number of likely N-dealkylation sites (N-methyl/N-ethyl adjacent to an activating group) is 1. The zero-order valence-electron chi connectivity index (χ0n) is 14.2. The summed E-state index contributed by atoms with van der Waals surface area (Å²) >= 11 is 0. The van der Waals surface area contributed by atoms with Gasteiger partial charge >= 0.3 is 0 Å². The molecule has 1 heterocycles. The van der Waals surface area contributed by atoms with Crippen LogP contribution in [-0.2, 0) is 0 Å². The van der Waals surface area contributed by atoms with E-state index in [4.69, 9.17) is 0 Å². The summed E-state index contributed by atoms with van der Waals surface area (Å²) in [6.07, 6.45) is 1.25. The van der Waals surface area contributed by atoms with E-state index in [2.05, 4.69) is 63.8 Å². The first kappa shape index (κ1) is 16.9. The van der Waals surface area contributed by atoms with E-state index in [-0.39, 0.29) is 0 Å². The molecule has 1 aliphatic rings. The summed E-state index contributed by atoms with van der Waals surface area (Å²) in [4.78, 5) is 5.03. The van der Waals surface area contributed by atoms with Crippen molar-refractivity contribution in [1.29, 1.82) is 0 Å². The monoisotopic (exact) mass is 269 g/mol. The summed E-state index contributed by atoms with van der Waals surface area (Å²) in [5, 5.41) is 3.65. The average Bonchev–Trinajstić information content (AvgIpc) is 2.64. The van der Waals surface area contributed by atoms with Gasteiger partial charge in [0.1, 0.15) is 0 Å². The van der Waals surface area contributed by atoms with Crippen molar-refractivity contribution in [2.45, 2.75) is 53.1 Å². The fourth-order valence-electron chi connectivity index (χ4n) is 3.30. The van der Waals surface area contributed by atoms with Gasteiger partial charge in [-0.15, -0.1) is 0 Å². The first-order chi connectivity index (χ1) is 8.75. The standard InChI is InChI=1S/C16H35N3/c1-8-17-15(16(3,4)5)9-10-19-11-13(2)14(12-19)18(6)7/h13-15,17H,8-12H2,1-7H3. The maximum atomic E-state index is 3.65. The second-order valence-corrected chi connectivity index (χ2v) is 7.53. The van der Waals surface area contributed by atoms with Gasteiger partial charge in [0.2, 0.25) is 0 Å². The Morgan fingerprint density at radius 1 is 1.26 bits per heavy atom. The molecular formula is C16H35N3. The molecule has 3 atom stereocenters. The minimum atomic E-state index is 0.350. The molecule has 1 N–H and O–H groups in total. The van der Waals surface area contributed by atoms with Crippen LogP contribution in [0.3, 0.4) is 0 Å². The van der Waals surface area contributed by atoms with E-state index in [9.17, 15) is 0 Å². The zero-order chi connectivity index (χ0) is 14.6. The molecule has 3 heteroatoms. The molecule has 1 saturated heterocycles. The van der Waals surface area contributed by atoms with Gasteiger partial charge in [0.15, 0.2) is 0 Å². The Kier molecular flexibility index (Phi) is 6.28. The molecule has 0 aromatic heterocycles. The molecule has 0 radical (unpaired) electrons. The molecule has 0 bridgehead atoms. The van der Waals surface area contributed by atoms with E-state index in [1.807, 2.05) is 0 Å². The van der Waals surface area contributed by atoms with Gasteiger partial charge in [-0.3, -0.25) is 0 Å². The largest absolute Gasteiger partial charge is 0.314 e. The Morgan fingerprint density at radius 2 is 1.89 bits per heavy atom. The molecule has 1 rings (SSSR count). The molecule has 0 saturated carbocycles. The fourth-order valence-corrected chi connectivity index (χ4v) is 3.30. The lowest BCUT2D eigenvalue weighted by Crippen LogP contribution is -2.42. The molecule has 1 fully saturated rings. The van der Waals surface area contributed by atoms with Crippen LogP contribution in [0, 0.1) is 11.3 Å². The summed E-state index contributed by atoms with van der Waals surface area (Å²) in [5.41, 5.74) is 0.350. The normalized spacial score (nSPS) is 27.2. The molecule has 3 unspecified atom stereocenters. The Bertz CT molecular complexity index is 257. The third kappa shape index (κ3) is 5.05. The Morgan fingerprint density at radius 3 is 2.32 bits per heavy atom. The highest BCUT2D eigenvalue weighted by Crippen LogP contribution is 2.24. The molecule has 1 aliphatic heterocycles. The fraction of sp³-hybridized carbons (Fsp3) is 1.00. The number of hydrogen-bond donors (Lipinski definition) is 1. The SMILES string of the molecule is CCNC(CCN1CC(C)C(N(C)C)C1)C(C)(C)C. The van der Waals surface area contributed by atoms with Crippen molar-refractivity contribution >= 4 is 0 Å². The highest BCUT2D eigenvalue weighted by atomic mass is 15.2. The highest BCUT2D eigenvalue weighted by molar-refractivity contribution is 4.88. The van der Waals surface area contributed by atoms with Crippen molar-refractivity contribution in [2.75, 3.05) is 40.3 Å². The van der Waals surface area contributed by atoms with Gasteiger partial charge in [-0.25, -0.2) is 0 Å². The molecule has 0 aromatic carbocycles. The third-order valence-corrected chi connectivity index (χ3v) is 4.54. The lowest BCUT2D eigenvalue weighted by Gasteiger charge is -2.33. The maximum absolute atomic E-state index is 3.65. The Balaban J connectivity index is 2.44. The minimum Gasteiger partial charge on any atom is -0.314 e. The average molecular weight is 269 g/mol. The molecule has 0 aromatic rings. The van der Waals surface area contributed by atoms with Gasteiger partial charge in [-0.2, -0.15) is 0 Å². The van der Waals surface area contributed by atoms with Crippen molar-refractivity contribution in [1.82, 2.24) is 15.1 Å². The van der Waals surface area contributed by atoms with E-state index >= 15 is 0 Å².